The zero-order valence-electron chi connectivity index (χ0n) is 10.2. The highest BCUT2D eigenvalue weighted by molar-refractivity contribution is 8.06. The fraction of sp³-hybridized carbons (Fsp3) is 0.889. The number of sulfone groups is 1. The average Bonchev–Trinajstić information content (AvgIpc) is 2.13. The van der Waals surface area contributed by atoms with Crippen molar-refractivity contribution in [2.75, 3.05) is 11.3 Å². The minimum Gasteiger partial charge on any atom is -0.392 e. The largest absolute Gasteiger partial charge is 0.392 e. The van der Waals surface area contributed by atoms with Crippen LogP contribution in [0.15, 0.2) is 0 Å². The summed E-state index contributed by atoms with van der Waals surface area (Å²) in [7, 11) is -7.57. The maximum Gasteiger partial charge on any atom is 0.226 e. The van der Waals surface area contributed by atoms with Gasteiger partial charge in [0.15, 0.2) is 14.9 Å². The number of nitrogens with one attached hydrogen (secondary N) is 1. The first kappa shape index (κ1) is 15.8. The Morgan fingerprint density at radius 2 is 1.72 bits per heavy atom. The van der Waals surface area contributed by atoms with Crippen molar-refractivity contribution < 1.29 is 16.8 Å². The fourth-order valence-corrected chi connectivity index (χ4v) is 5.88. The van der Waals surface area contributed by atoms with Gasteiger partial charge in [-0.25, -0.2) is 21.6 Å². The lowest BCUT2D eigenvalue weighted by Gasteiger charge is -2.36. The SMILES string of the molecule is CS(=O)(=O)CS(=O)(=O)NC1(C(N)=S)CCCCC1. The van der Waals surface area contributed by atoms with E-state index in [1.54, 1.807) is 0 Å². The molecule has 0 aromatic heterocycles. The molecule has 3 N–H and O–H groups in total. The topological polar surface area (TPSA) is 106 Å². The van der Waals surface area contributed by atoms with Gasteiger partial charge in [-0.05, 0) is 12.8 Å². The molecule has 0 aliphatic heterocycles. The van der Waals surface area contributed by atoms with Gasteiger partial charge < -0.3 is 5.73 Å². The summed E-state index contributed by atoms with van der Waals surface area (Å²) in [6.07, 6.45) is 4.55. The van der Waals surface area contributed by atoms with Gasteiger partial charge in [-0.3, -0.25) is 0 Å². The molecule has 106 valence electrons. The van der Waals surface area contributed by atoms with Crippen LogP contribution < -0.4 is 10.5 Å². The van der Waals surface area contributed by atoms with E-state index in [2.05, 4.69) is 4.72 Å². The molecular weight excluding hydrogens is 296 g/mol. The molecule has 1 aliphatic rings. The molecule has 9 heteroatoms. The maximum atomic E-state index is 11.8. The standard InChI is InChI=1S/C9H18N2O4S3/c1-17(12,13)7-18(14,15)11-9(8(10)16)5-3-2-4-6-9/h11H,2-7H2,1H3,(H2,10,16). The van der Waals surface area contributed by atoms with Gasteiger partial charge in [0.25, 0.3) is 0 Å². The Bertz CT molecular complexity index is 518. The molecule has 1 rings (SSSR count). The van der Waals surface area contributed by atoms with Crippen molar-refractivity contribution in [3.63, 3.8) is 0 Å². The average molecular weight is 314 g/mol. The van der Waals surface area contributed by atoms with E-state index in [4.69, 9.17) is 18.0 Å². The van der Waals surface area contributed by atoms with Crippen LogP contribution in [0.25, 0.3) is 0 Å². The molecule has 6 nitrogen and oxygen atoms in total. The van der Waals surface area contributed by atoms with E-state index in [9.17, 15) is 16.8 Å². The number of nitrogens with two attached hydrogens (primary N) is 1. The van der Waals surface area contributed by atoms with Gasteiger partial charge >= 0.3 is 0 Å². The number of thiocarbonyl (C=S) groups is 1. The van der Waals surface area contributed by atoms with E-state index in [-0.39, 0.29) is 4.99 Å². The molecule has 0 bridgehead atoms. The smallest absolute Gasteiger partial charge is 0.226 e. The second kappa shape index (κ2) is 5.40. The molecule has 0 spiro atoms. The van der Waals surface area contributed by atoms with Crippen LogP contribution in [0, 0.1) is 0 Å². The van der Waals surface area contributed by atoms with Gasteiger partial charge in [0.2, 0.25) is 10.0 Å². The number of sulfonamides is 1. The zero-order chi connectivity index (χ0) is 14.0. The Balaban J connectivity index is 2.94. The summed E-state index contributed by atoms with van der Waals surface area (Å²) in [5.41, 5.74) is 4.67. The number of hydrogen-bond donors (Lipinski definition) is 2. The molecule has 0 amide bonds. The minimum atomic E-state index is -3.95. The van der Waals surface area contributed by atoms with Crippen molar-refractivity contribution in [2.24, 2.45) is 5.73 Å². The quantitative estimate of drug-likeness (QED) is 0.686. The lowest BCUT2D eigenvalue weighted by Crippen LogP contribution is -2.58. The first-order valence-corrected chi connectivity index (χ1v) is 9.68. The van der Waals surface area contributed by atoms with E-state index in [0.29, 0.717) is 12.8 Å². The third-order valence-electron chi connectivity index (χ3n) is 2.90. The molecule has 0 unspecified atom stereocenters. The van der Waals surface area contributed by atoms with Crippen molar-refractivity contribution in [1.29, 1.82) is 0 Å². The van der Waals surface area contributed by atoms with Gasteiger partial charge in [-0.1, -0.05) is 31.5 Å². The molecule has 0 aromatic carbocycles. The normalized spacial score (nSPS) is 20.5. The second-order valence-electron chi connectivity index (χ2n) is 4.77. The first-order valence-electron chi connectivity index (χ1n) is 5.56. The summed E-state index contributed by atoms with van der Waals surface area (Å²) in [5.74, 6) is 0. The fourth-order valence-electron chi connectivity index (χ4n) is 2.16. The molecule has 0 saturated heterocycles. The third-order valence-corrected chi connectivity index (χ3v) is 6.95. The third kappa shape index (κ3) is 4.45. The van der Waals surface area contributed by atoms with Crippen LogP contribution in [0.3, 0.4) is 0 Å². The van der Waals surface area contributed by atoms with E-state index in [1.807, 2.05) is 0 Å². The highest BCUT2D eigenvalue weighted by Crippen LogP contribution is 2.29. The van der Waals surface area contributed by atoms with Gasteiger partial charge in [-0.2, -0.15) is 0 Å². The molecule has 18 heavy (non-hydrogen) atoms. The number of rotatable bonds is 5. The van der Waals surface area contributed by atoms with E-state index < -0.39 is 30.5 Å². The van der Waals surface area contributed by atoms with Gasteiger partial charge in [0.1, 0.15) is 0 Å². The van der Waals surface area contributed by atoms with Crippen molar-refractivity contribution >= 4 is 37.1 Å². The van der Waals surface area contributed by atoms with Crippen molar-refractivity contribution in [1.82, 2.24) is 4.72 Å². The Morgan fingerprint density at radius 3 is 2.11 bits per heavy atom. The second-order valence-corrected chi connectivity index (χ2v) is 9.44. The molecule has 0 atom stereocenters. The molecule has 1 saturated carbocycles. The Kier molecular flexibility index (Phi) is 4.74. The van der Waals surface area contributed by atoms with Crippen LogP contribution in [0.2, 0.25) is 0 Å². The van der Waals surface area contributed by atoms with E-state index in [0.717, 1.165) is 25.5 Å². The highest BCUT2D eigenvalue weighted by atomic mass is 32.3. The number of hydrogen-bond acceptors (Lipinski definition) is 5. The van der Waals surface area contributed by atoms with Crippen LogP contribution >= 0.6 is 12.2 Å². The summed E-state index contributed by atoms with van der Waals surface area (Å²) in [5, 5.41) is -0.940. The molecule has 1 aliphatic carbocycles. The van der Waals surface area contributed by atoms with Crippen LogP contribution in [-0.2, 0) is 19.9 Å². The summed E-state index contributed by atoms with van der Waals surface area (Å²) in [4.78, 5) is 0.0827. The predicted molar refractivity (Wildman–Crippen MR) is 74.4 cm³/mol. The molecule has 0 aromatic rings. The van der Waals surface area contributed by atoms with Crippen molar-refractivity contribution in [2.45, 2.75) is 37.6 Å². The molecule has 1 fully saturated rings. The maximum absolute atomic E-state index is 11.8. The summed E-state index contributed by atoms with van der Waals surface area (Å²) in [6.45, 7) is 0. The van der Waals surface area contributed by atoms with Crippen LogP contribution in [0.1, 0.15) is 32.1 Å². The van der Waals surface area contributed by atoms with Gasteiger partial charge in [0.05, 0.1) is 10.5 Å². The predicted octanol–water partition coefficient (Wildman–Crippen LogP) is -0.103. The summed E-state index contributed by atoms with van der Waals surface area (Å²) >= 11 is 4.94. The Hall–Kier alpha value is -0.250. The van der Waals surface area contributed by atoms with Crippen LogP contribution in [0.4, 0.5) is 0 Å². The summed E-state index contributed by atoms with van der Waals surface area (Å²) < 4.78 is 48.2. The van der Waals surface area contributed by atoms with Crippen LogP contribution in [0.5, 0.6) is 0 Å². The molecule has 0 radical (unpaired) electrons. The van der Waals surface area contributed by atoms with Crippen LogP contribution in [-0.4, -0.2) is 38.7 Å². The van der Waals surface area contributed by atoms with Crippen molar-refractivity contribution in [3.05, 3.63) is 0 Å². The van der Waals surface area contributed by atoms with Gasteiger partial charge in [-0.15, -0.1) is 0 Å². The zero-order valence-corrected chi connectivity index (χ0v) is 12.6. The van der Waals surface area contributed by atoms with E-state index in [1.165, 1.54) is 0 Å². The van der Waals surface area contributed by atoms with Crippen molar-refractivity contribution in [3.8, 4) is 0 Å². The first-order chi connectivity index (χ1) is 8.06. The van der Waals surface area contributed by atoms with E-state index >= 15 is 0 Å². The lowest BCUT2D eigenvalue weighted by molar-refractivity contribution is 0.353. The lowest BCUT2D eigenvalue weighted by atomic mass is 9.82. The summed E-state index contributed by atoms with van der Waals surface area (Å²) in [6, 6.07) is 0. The Labute approximate surface area is 113 Å². The van der Waals surface area contributed by atoms with Gasteiger partial charge in [0, 0.05) is 6.26 Å². The minimum absolute atomic E-state index is 0.0827. The molecule has 0 heterocycles. The highest BCUT2D eigenvalue weighted by Gasteiger charge is 2.39. The molecular formula is C9H18N2O4S3. The Morgan fingerprint density at radius 1 is 1.22 bits per heavy atom. The monoisotopic (exact) mass is 314 g/mol.